The summed E-state index contributed by atoms with van der Waals surface area (Å²) < 4.78 is 6.81. The fraction of sp³-hybridized carbons (Fsp3) is 0.243. The molecule has 0 amide bonds. The third kappa shape index (κ3) is 7.01. The minimum Gasteiger partial charge on any atom is -0.468 e. The number of rotatable bonds is 9. The average Bonchev–Trinajstić information content (AvgIpc) is 3.47. The molecule has 1 aliphatic carbocycles. The van der Waals surface area contributed by atoms with Crippen molar-refractivity contribution in [3.05, 3.63) is 124 Å². The molecule has 1 fully saturated rings. The molecule has 1 heterocycles. The van der Waals surface area contributed by atoms with Crippen LogP contribution in [0.15, 0.2) is 97.2 Å². The molecule has 7 heteroatoms. The van der Waals surface area contributed by atoms with Gasteiger partial charge < -0.3 is 14.6 Å². The molecular formula is C37H35Cl2N3O2. The molecule has 0 bridgehead atoms. The minimum absolute atomic E-state index is 0.103. The molecule has 0 aliphatic heterocycles. The summed E-state index contributed by atoms with van der Waals surface area (Å²) in [5.74, 6) is 1.27. The van der Waals surface area contributed by atoms with Crippen molar-refractivity contribution < 1.29 is 9.53 Å². The van der Waals surface area contributed by atoms with Crippen LogP contribution in [0.4, 0.5) is 5.69 Å². The first kappa shape index (κ1) is 30.0. The van der Waals surface area contributed by atoms with E-state index in [4.69, 9.17) is 32.9 Å². The topological polar surface area (TPSA) is 56.1 Å². The van der Waals surface area contributed by atoms with E-state index in [2.05, 4.69) is 58.4 Å². The van der Waals surface area contributed by atoms with Gasteiger partial charge in [0.1, 0.15) is 12.4 Å². The fourth-order valence-electron chi connectivity index (χ4n) is 5.96. The monoisotopic (exact) mass is 623 g/mol. The Labute approximate surface area is 268 Å². The largest absolute Gasteiger partial charge is 0.468 e. The van der Waals surface area contributed by atoms with Crippen molar-refractivity contribution in [1.29, 1.82) is 0 Å². The van der Waals surface area contributed by atoms with Crippen LogP contribution in [-0.4, -0.2) is 29.2 Å². The highest BCUT2D eigenvalue weighted by Crippen LogP contribution is 2.34. The highest BCUT2D eigenvalue weighted by atomic mass is 35.5. The lowest BCUT2D eigenvalue weighted by molar-refractivity contribution is -0.138. The lowest BCUT2D eigenvalue weighted by Crippen LogP contribution is -2.14. The minimum atomic E-state index is -0.321. The number of imidazole rings is 1. The van der Waals surface area contributed by atoms with E-state index >= 15 is 0 Å². The zero-order valence-corrected chi connectivity index (χ0v) is 26.2. The van der Waals surface area contributed by atoms with Gasteiger partial charge in [0.25, 0.3) is 0 Å². The number of anilines is 1. The van der Waals surface area contributed by atoms with E-state index in [1.807, 2.05) is 42.6 Å². The zero-order valence-electron chi connectivity index (χ0n) is 24.7. The Morgan fingerprint density at radius 1 is 0.886 bits per heavy atom. The number of benzene rings is 4. The maximum absolute atomic E-state index is 11.5. The molecule has 0 unspecified atom stereocenters. The lowest BCUT2D eigenvalue weighted by Gasteiger charge is -2.22. The molecule has 1 aromatic heterocycles. The van der Waals surface area contributed by atoms with E-state index in [1.54, 1.807) is 6.07 Å². The van der Waals surface area contributed by atoms with Crippen molar-refractivity contribution in [2.75, 3.05) is 19.0 Å². The SMILES string of the molecule is COC(=O)CNc1ccc(-n2cc(-c3ccc(Cl)cc3Cl)nc2Cc2ccc(-c3ccc(C4CCCCC4)cc3)cc2)cc1. The van der Waals surface area contributed by atoms with E-state index < -0.39 is 0 Å². The second kappa shape index (κ2) is 13.7. The van der Waals surface area contributed by atoms with Crippen LogP contribution < -0.4 is 5.32 Å². The van der Waals surface area contributed by atoms with E-state index in [0.29, 0.717) is 22.4 Å². The number of ether oxygens (including phenoxy) is 1. The van der Waals surface area contributed by atoms with Crippen molar-refractivity contribution in [3.63, 3.8) is 0 Å². The Bertz CT molecular complexity index is 1720. The van der Waals surface area contributed by atoms with Crippen LogP contribution in [0, 0.1) is 0 Å². The van der Waals surface area contributed by atoms with Crippen LogP contribution in [0.25, 0.3) is 28.1 Å². The molecule has 1 N–H and O–H groups in total. The Kier molecular flexibility index (Phi) is 9.34. The van der Waals surface area contributed by atoms with E-state index in [0.717, 1.165) is 34.0 Å². The molecule has 1 aliphatic rings. The number of halogens is 2. The average molecular weight is 625 g/mol. The van der Waals surface area contributed by atoms with Crippen LogP contribution in [-0.2, 0) is 16.0 Å². The summed E-state index contributed by atoms with van der Waals surface area (Å²) in [6, 6.07) is 31.2. The fourth-order valence-corrected chi connectivity index (χ4v) is 6.47. The predicted octanol–water partition coefficient (Wildman–Crippen LogP) is 9.74. The predicted molar refractivity (Wildman–Crippen MR) is 180 cm³/mol. The van der Waals surface area contributed by atoms with Crippen molar-refractivity contribution in [3.8, 4) is 28.1 Å². The van der Waals surface area contributed by atoms with E-state index in [9.17, 15) is 4.79 Å². The van der Waals surface area contributed by atoms with Crippen molar-refractivity contribution in [2.45, 2.75) is 44.4 Å². The summed E-state index contributed by atoms with van der Waals surface area (Å²) >= 11 is 12.7. The summed E-state index contributed by atoms with van der Waals surface area (Å²) in [6.07, 6.45) is 9.33. The number of carbonyl (C=O) groups is 1. The van der Waals surface area contributed by atoms with Crippen LogP contribution in [0.2, 0.25) is 10.0 Å². The van der Waals surface area contributed by atoms with Crippen molar-refractivity contribution in [2.24, 2.45) is 0 Å². The summed E-state index contributed by atoms with van der Waals surface area (Å²) in [5.41, 5.74) is 8.43. The maximum atomic E-state index is 11.5. The number of carbonyl (C=O) groups excluding carboxylic acids is 1. The second-order valence-electron chi connectivity index (χ2n) is 11.3. The van der Waals surface area contributed by atoms with Crippen LogP contribution in [0.3, 0.4) is 0 Å². The van der Waals surface area contributed by atoms with Gasteiger partial charge in [-0.2, -0.15) is 0 Å². The van der Waals surface area contributed by atoms with Gasteiger partial charge in [-0.3, -0.25) is 4.79 Å². The van der Waals surface area contributed by atoms with E-state index in [1.165, 1.54) is 55.9 Å². The van der Waals surface area contributed by atoms with Gasteiger partial charge >= 0.3 is 5.97 Å². The van der Waals surface area contributed by atoms with Gasteiger partial charge in [0.05, 0.1) is 17.8 Å². The Balaban J connectivity index is 1.25. The van der Waals surface area contributed by atoms with Gasteiger partial charge in [-0.25, -0.2) is 4.98 Å². The number of aromatic nitrogens is 2. The first-order valence-corrected chi connectivity index (χ1v) is 15.9. The highest BCUT2D eigenvalue weighted by Gasteiger charge is 2.17. The molecule has 5 nitrogen and oxygen atoms in total. The zero-order chi connectivity index (χ0) is 30.5. The first-order chi connectivity index (χ1) is 21.5. The van der Waals surface area contributed by atoms with Gasteiger partial charge in [0.2, 0.25) is 0 Å². The maximum Gasteiger partial charge on any atom is 0.325 e. The third-order valence-corrected chi connectivity index (χ3v) is 8.98. The van der Waals surface area contributed by atoms with Gasteiger partial charge in [-0.15, -0.1) is 0 Å². The van der Waals surface area contributed by atoms with Crippen LogP contribution in [0.5, 0.6) is 0 Å². The second-order valence-corrected chi connectivity index (χ2v) is 12.2. The van der Waals surface area contributed by atoms with Gasteiger partial charge in [-0.1, -0.05) is 91.0 Å². The molecule has 6 rings (SSSR count). The molecule has 1 saturated carbocycles. The normalized spacial score (nSPS) is 13.5. The summed E-state index contributed by atoms with van der Waals surface area (Å²) in [6.45, 7) is 0.103. The molecule has 44 heavy (non-hydrogen) atoms. The smallest absolute Gasteiger partial charge is 0.325 e. The highest BCUT2D eigenvalue weighted by molar-refractivity contribution is 6.36. The molecule has 0 spiro atoms. The Morgan fingerprint density at radius 2 is 1.57 bits per heavy atom. The standard InChI is InChI=1S/C37H35Cl2N3O2/c1-44-37(43)23-40-31-16-18-32(19-17-31)42-24-35(33-20-15-30(38)22-34(33)39)41-36(42)21-25-7-9-27(10-8-25)29-13-11-28(12-14-29)26-5-3-2-4-6-26/h7-20,22,24,26,40H,2-6,21,23H2,1H3. The summed E-state index contributed by atoms with van der Waals surface area (Å²) in [4.78, 5) is 16.6. The first-order valence-electron chi connectivity index (χ1n) is 15.1. The van der Waals surface area contributed by atoms with Gasteiger partial charge in [0.15, 0.2) is 0 Å². The van der Waals surface area contributed by atoms with Crippen LogP contribution in [0.1, 0.15) is 55.0 Å². The molecule has 0 saturated heterocycles. The molecular weight excluding hydrogens is 589 g/mol. The number of methoxy groups -OCH3 is 1. The molecule has 0 radical (unpaired) electrons. The summed E-state index contributed by atoms with van der Waals surface area (Å²) in [7, 11) is 1.38. The number of nitrogens with one attached hydrogen (secondary N) is 1. The summed E-state index contributed by atoms with van der Waals surface area (Å²) in [5, 5.41) is 4.21. The molecule has 4 aromatic carbocycles. The lowest BCUT2D eigenvalue weighted by atomic mass is 9.83. The Hall–Kier alpha value is -4.06. The van der Waals surface area contributed by atoms with Crippen molar-refractivity contribution in [1.82, 2.24) is 9.55 Å². The van der Waals surface area contributed by atoms with Gasteiger partial charge in [0, 0.05) is 34.6 Å². The quantitative estimate of drug-likeness (QED) is 0.166. The van der Waals surface area contributed by atoms with Crippen molar-refractivity contribution >= 4 is 34.9 Å². The molecule has 0 atom stereocenters. The molecule has 5 aromatic rings. The number of hydrogen-bond acceptors (Lipinski definition) is 4. The number of nitrogens with zero attached hydrogens (tertiary/aromatic N) is 2. The Morgan fingerprint density at radius 3 is 2.23 bits per heavy atom. The van der Waals surface area contributed by atoms with Gasteiger partial charge in [-0.05, 0) is 83.5 Å². The number of esters is 1. The van der Waals surface area contributed by atoms with E-state index in [-0.39, 0.29) is 12.5 Å². The van der Waals surface area contributed by atoms with Crippen LogP contribution >= 0.6 is 23.2 Å². The third-order valence-electron chi connectivity index (χ3n) is 8.43. The number of hydrogen-bond donors (Lipinski definition) is 1. The molecule has 224 valence electrons.